The van der Waals surface area contributed by atoms with E-state index in [0.29, 0.717) is 6.42 Å². The molecule has 2 aromatic carbocycles. The van der Waals surface area contributed by atoms with Gasteiger partial charge in [-0.1, -0.05) is 44.2 Å². The van der Waals surface area contributed by atoms with Crippen LogP contribution in [0.5, 0.6) is 11.5 Å². The monoisotopic (exact) mass is 463 g/mol. The number of ether oxygens (including phenoxy) is 1. The van der Waals surface area contributed by atoms with Crippen molar-refractivity contribution in [2.24, 2.45) is 11.7 Å². The average Bonchev–Trinajstić information content (AvgIpc) is 2.76. The van der Waals surface area contributed by atoms with Gasteiger partial charge in [0.15, 0.2) is 11.5 Å². The molecule has 0 aliphatic heterocycles. The van der Waals surface area contributed by atoms with Crippen molar-refractivity contribution in [3.63, 3.8) is 0 Å². The first-order valence-corrected chi connectivity index (χ1v) is 11.9. The topological polar surface area (TPSA) is 122 Å². The summed E-state index contributed by atoms with van der Waals surface area (Å²) in [5.41, 5.74) is 6.42. The Kier molecular flexibility index (Phi) is 9.99. The third-order valence-corrected chi connectivity index (χ3v) is 6.75. The molecule has 32 heavy (non-hydrogen) atoms. The molecule has 0 saturated heterocycles. The van der Waals surface area contributed by atoms with Gasteiger partial charge in [0, 0.05) is 19.2 Å². The van der Waals surface area contributed by atoms with Crippen LogP contribution in [0.15, 0.2) is 53.4 Å². The number of aliphatic hydroxyl groups is 1. The lowest BCUT2D eigenvalue weighted by molar-refractivity contribution is 0.128. The van der Waals surface area contributed by atoms with E-state index in [1.807, 2.05) is 44.2 Å². The van der Waals surface area contributed by atoms with E-state index >= 15 is 0 Å². The highest BCUT2D eigenvalue weighted by Gasteiger charge is 2.31. The lowest BCUT2D eigenvalue weighted by atomic mass is 9.72. The fourth-order valence-corrected chi connectivity index (χ4v) is 4.98. The van der Waals surface area contributed by atoms with Crippen molar-refractivity contribution in [1.82, 2.24) is 4.31 Å². The number of nitrogens with zero attached hydrogens (tertiary/aromatic N) is 1. The molecule has 0 unspecified atom stereocenters. The van der Waals surface area contributed by atoms with Crippen LogP contribution in [-0.2, 0) is 21.1 Å². The van der Waals surface area contributed by atoms with Gasteiger partial charge < -0.3 is 25.3 Å². The highest BCUT2D eigenvalue weighted by atomic mass is 32.2. The second-order valence-electron chi connectivity index (χ2n) is 7.94. The number of phenolic OH excluding ortho intramolecular Hbond substituents is 1. The van der Waals surface area contributed by atoms with Crippen molar-refractivity contribution in [3.8, 4) is 11.5 Å². The quantitative estimate of drug-likeness (QED) is 0.307. The van der Waals surface area contributed by atoms with Crippen LogP contribution in [-0.4, -0.2) is 63.5 Å². The predicted octanol–water partition coefficient (Wildman–Crippen LogP) is 1.99. The zero-order valence-electron chi connectivity index (χ0n) is 18.7. The summed E-state index contributed by atoms with van der Waals surface area (Å²) in [4.78, 5) is -0.0783. The smallest absolute Gasteiger partial charge is 0.300 e. The number of hydrogen-bond acceptors (Lipinski definition) is 7. The Morgan fingerprint density at radius 2 is 1.81 bits per heavy atom. The summed E-state index contributed by atoms with van der Waals surface area (Å²) in [6.07, 6.45) is -0.580. The maximum Gasteiger partial charge on any atom is 0.300 e. The highest BCUT2D eigenvalue weighted by molar-refractivity contribution is 7.89. The molecule has 0 saturated carbocycles. The minimum Gasteiger partial charge on any atom is -0.504 e. The number of rotatable bonds is 13. The summed E-state index contributed by atoms with van der Waals surface area (Å²) in [5, 5.41) is 21.1. The summed E-state index contributed by atoms with van der Waals surface area (Å²) in [6, 6.07) is 13.5. The summed E-state index contributed by atoms with van der Waals surface area (Å²) >= 11 is 0. The number of nitrogens with two attached hydrogens (primary N) is 1. The average molecular weight is 463 g/mol. The van der Waals surface area contributed by atoms with Gasteiger partial charge in [0.2, 0.25) is 10.0 Å². The second kappa shape index (κ2) is 12.2. The summed E-state index contributed by atoms with van der Waals surface area (Å²) in [5.74, 6) is -0.558. The zero-order valence-corrected chi connectivity index (χ0v) is 19.5. The highest BCUT2D eigenvalue weighted by Crippen LogP contribution is 2.30. The van der Waals surface area contributed by atoms with Crippen LogP contribution in [0, 0.1) is 5.92 Å². The van der Waals surface area contributed by atoms with Crippen molar-refractivity contribution in [1.29, 1.82) is 0 Å². The number of methoxy groups -OCH3 is 1. The van der Waals surface area contributed by atoms with E-state index in [-0.39, 0.29) is 42.1 Å². The van der Waals surface area contributed by atoms with E-state index in [1.165, 1.54) is 31.0 Å². The molecule has 0 heterocycles. The van der Waals surface area contributed by atoms with Crippen molar-refractivity contribution >= 4 is 17.5 Å². The van der Waals surface area contributed by atoms with Crippen LogP contribution in [0.2, 0.25) is 5.82 Å². The molecule has 0 fully saturated rings. The van der Waals surface area contributed by atoms with Crippen LogP contribution in [0.4, 0.5) is 0 Å². The van der Waals surface area contributed by atoms with E-state index in [1.54, 1.807) is 0 Å². The maximum absolute atomic E-state index is 13.4. The number of sulfonamides is 1. The Hall–Kier alpha value is -2.11. The third kappa shape index (κ3) is 7.21. The molecule has 0 aliphatic carbocycles. The molecule has 175 valence electrons. The Bertz CT molecular complexity index is 943. The Morgan fingerprint density at radius 3 is 2.38 bits per heavy atom. The van der Waals surface area contributed by atoms with Gasteiger partial charge in [-0.2, -0.15) is 4.31 Å². The first kappa shape index (κ1) is 26.1. The molecule has 2 rings (SSSR count). The molecule has 0 aliphatic rings. The molecule has 2 atom stereocenters. The molecule has 0 aromatic heterocycles. The van der Waals surface area contributed by atoms with E-state index in [9.17, 15) is 18.6 Å². The first-order valence-electron chi connectivity index (χ1n) is 10.4. The van der Waals surface area contributed by atoms with Crippen LogP contribution in [0.1, 0.15) is 19.4 Å². The Balaban J connectivity index is 2.29. The molecule has 0 bridgehead atoms. The normalized spacial score (nSPS) is 13.8. The molecule has 1 radical (unpaired) electrons. The predicted molar refractivity (Wildman–Crippen MR) is 124 cm³/mol. The molecule has 2 aromatic rings. The molecule has 8 nitrogen and oxygen atoms in total. The van der Waals surface area contributed by atoms with E-state index in [4.69, 9.17) is 15.1 Å². The van der Waals surface area contributed by atoms with Crippen molar-refractivity contribution in [2.75, 3.05) is 26.9 Å². The van der Waals surface area contributed by atoms with Gasteiger partial charge in [0.1, 0.15) is 0 Å². The summed E-state index contributed by atoms with van der Waals surface area (Å²) < 4.78 is 38.2. The number of benzene rings is 2. The minimum absolute atomic E-state index is 0.0145. The molecule has 0 amide bonds. The molecule has 10 heteroatoms. The Morgan fingerprint density at radius 1 is 1.12 bits per heavy atom. The summed E-state index contributed by atoms with van der Waals surface area (Å²) in [6.45, 7) is 3.80. The zero-order chi connectivity index (χ0) is 23.7. The largest absolute Gasteiger partial charge is 0.504 e. The lowest BCUT2D eigenvalue weighted by Gasteiger charge is -2.30. The van der Waals surface area contributed by atoms with E-state index in [0.717, 1.165) is 11.6 Å². The Labute approximate surface area is 191 Å². The van der Waals surface area contributed by atoms with Crippen molar-refractivity contribution in [3.05, 3.63) is 54.1 Å². The fraction of sp³-hybridized carbons (Fsp3) is 0.455. The van der Waals surface area contributed by atoms with E-state index < -0.39 is 21.9 Å². The first-order chi connectivity index (χ1) is 15.2. The van der Waals surface area contributed by atoms with Crippen LogP contribution >= 0.6 is 0 Å². The number of aliphatic hydroxyl groups excluding tert-OH is 1. The molecule has 4 N–H and O–H groups in total. The minimum atomic E-state index is -3.99. The standard InChI is InChI=1S/C22H32BN2O6S/c1-16(2)13-25(32(28,29)18-9-10-22(30-3)20(26)12-18)14-21(27)19(23-31-15-24)11-17-7-5-4-6-8-17/h4-10,12,16,19,21,26-27H,11,13-15,24H2,1-3H3/t19-,21+/m0/s1. The third-order valence-electron chi connectivity index (χ3n) is 4.92. The van der Waals surface area contributed by atoms with Gasteiger partial charge in [0.25, 0.3) is 0 Å². The van der Waals surface area contributed by atoms with Gasteiger partial charge in [-0.05, 0) is 35.9 Å². The SMILES string of the molecule is COc1ccc(S(=O)(=O)N(CC(C)C)C[C@@H](O)[C@@H]([B]OCN)Cc2ccccc2)cc1O. The number of phenols is 1. The molecular formula is C22H32BN2O6S. The van der Waals surface area contributed by atoms with E-state index in [2.05, 4.69) is 0 Å². The maximum atomic E-state index is 13.4. The van der Waals surface area contributed by atoms with Gasteiger partial charge >= 0.3 is 7.48 Å². The second-order valence-corrected chi connectivity index (χ2v) is 9.88. The van der Waals surface area contributed by atoms with Gasteiger partial charge in [-0.15, -0.1) is 0 Å². The van der Waals surface area contributed by atoms with Gasteiger partial charge in [-0.3, -0.25) is 0 Å². The van der Waals surface area contributed by atoms with Gasteiger partial charge in [0.05, 0.1) is 24.8 Å². The summed E-state index contributed by atoms with van der Waals surface area (Å²) in [7, 11) is -1.13. The van der Waals surface area contributed by atoms with Crippen LogP contribution in [0.3, 0.4) is 0 Å². The van der Waals surface area contributed by atoms with Crippen LogP contribution in [0.25, 0.3) is 0 Å². The molecule has 0 spiro atoms. The number of hydrogen-bond donors (Lipinski definition) is 3. The van der Waals surface area contributed by atoms with Crippen LogP contribution < -0.4 is 10.5 Å². The fourth-order valence-electron chi connectivity index (χ4n) is 3.34. The molecular weight excluding hydrogens is 431 g/mol. The van der Waals surface area contributed by atoms with Gasteiger partial charge in [-0.25, -0.2) is 8.42 Å². The number of aromatic hydroxyl groups is 1. The lowest BCUT2D eigenvalue weighted by Crippen LogP contribution is -2.42. The van der Waals surface area contributed by atoms with Crippen molar-refractivity contribution in [2.45, 2.75) is 37.1 Å². The van der Waals surface area contributed by atoms with Crippen molar-refractivity contribution < 1.29 is 28.0 Å².